The molecule has 0 unspecified atom stereocenters. The molecular weight excluding hydrogens is 348 g/mol. The van der Waals surface area contributed by atoms with E-state index in [9.17, 15) is 4.79 Å². The second-order valence-electron chi connectivity index (χ2n) is 5.91. The number of ether oxygens (including phenoxy) is 1. The number of aromatic nitrogens is 2. The number of nitrogens with one attached hydrogen (secondary N) is 1. The van der Waals surface area contributed by atoms with Gasteiger partial charge < -0.3 is 15.0 Å². The number of carbonyl (C=O) groups excluding carboxylic acids is 1. The molecule has 7 heteroatoms. The van der Waals surface area contributed by atoms with E-state index in [-0.39, 0.29) is 5.91 Å². The summed E-state index contributed by atoms with van der Waals surface area (Å²) in [6.45, 7) is 7.72. The van der Waals surface area contributed by atoms with E-state index < -0.39 is 0 Å². The second-order valence-corrected chi connectivity index (χ2v) is 6.75. The molecule has 0 spiro atoms. The molecule has 0 saturated heterocycles. The normalized spacial score (nSPS) is 11.2. The lowest BCUT2D eigenvalue weighted by Crippen LogP contribution is -2.35. The lowest BCUT2D eigenvalue weighted by Gasteiger charge is -2.17. The van der Waals surface area contributed by atoms with Crippen molar-refractivity contribution in [3.63, 3.8) is 0 Å². The van der Waals surface area contributed by atoms with Gasteiger partial charge in [-0.2, -0.15) is 0 Å². The summed E-state index contributed by atoms with van der Waals surface area (Å²) in [5.74, 6) is 0.741. The summed E-state index contributed by atoms with van der Waals surface area (Å²) < 4.78 is 7.05. The van der Waals surface area contributed by atoms with Crippen LogP contribution in [0.4, 0.5) is 0 Å². The average Bonchev–Trinajstić information content (AvgIpc) is 3.26. The number of carbonyl (C=O) groups is 1. The van der Waals surface area contributed by atoms with Crippen molar-refractivity contribution in [1.82, 2.24) is 19.6 Å². The summed E-state index contributed by atoms with van der Waals surface area (Å²) in [4.78, 5) is 20.2. The minimum absolute atomic E-state index is 0.0675. The zero-order valence-corrected chi connectivity index (χ0v) is 16.2. The minimum Gasteiger partial charge on any atom is -0.497 e. The lowest BCUT2D eigenvalue weighted by atomic mass is 10.2. The number of hydrogen-bond donors (Lipinski definition) is 1. The van der Waals surface area contributed by atoms with Gasteiger partial charge in [0.15, 0.2) is 4.96 Å². The molecule has 6 nitrogen and oxygen atoms in total. The topological polar surface area (TPSA) is 58.9 Å². The van der Waals surface area contributed by atoms with Crippen LogP contribution in [-0.4, -0.2) is 53.5 Å². The fraction of sp³-hybridized carbons (Fsp3) is 0.368. The molecule has 3 rings (SSSR count). The fourth-order valence-electron chi connectivity index (χ4n) is 2.81. The van der Waals surface area contributed by atoms with Crippen LogP contribution in [0.2, 0.25) is 0 Å². The highest BCUT2D eigenvalue weighted by Crippen LogP contribution is 2.25. The molecule has 0 atom stereocenters. The second kappa shape index (κ2) is 8.33. The molecule has 1 aromatic carbocycles. The van der Waals surface area contributed by atoms with Gasteiger partial charge in [-0.05, 0) is 37.4 Å². The zero-order valence-electron chi connectivity index (χ0n) is 15.4. The Bertz CT molecular complexity index is 865. The molecule has 138 valence electrons. The van der Waals surface area contributed by atoms with Crippen molar-refractivity contribution in [2.75, 3.05) is 33.3 Å². The summed E-state index contributed by atoms with van der Waals surface area (Å²) in [5.41, 5.74) is 2.46. The predicted molar refractivity (Wildman–Crippen MR) is 105 cm³/mol. The molecule has 3 aromatic rings. The Morgan fingerprint density at radius 1 is 1.27 bits per heavy atom. The highest BCUT2D eigenvalue weighted by Gasteiger charge is 2.15. The standard InChI is InChI=1S/C19H24N4O2S/c1-4-22(5-2)11-10-20-18(24)17-13-26-19-21-16(12-23(17)19)14-6-8-15(25-3)9-7-14/h6-9,12-13H,4-5,10-11H2,1-3H3,(H,20,24). The fourth-order valence-corrected chi connectivity index (χ4v) is 3.66. The van der Waals surface area contributed by atoms with Crippen molar-refractivity contribution in [2.45, 2.75) is 13.8 Å². The minimum atomic E-state index is -0.0675. The first-order valence-corrected chi connectivity index (χ1v) is 9.65. The van der Waals surface area contributed by atoms with Crippen LogP contribution in [0, 0.1) is 0 Å². The van der Waals surface area contributed by atoms with Crippen LogP contribution in [0.25, 0.3) is 16.2 Å². The Morgan fingerprint density at radius 2 is 2.00 bits per heavy atom. The summed E-state index contributed by atoms with van der Waals surface area (Å²) in [5, 5.41) is 4.86. The molecule has 2 aromatic heterocycles. The first kappa shape index (κ1) is 18.4. The summed E-state index contributed by atoms with van der Waals surface area (Å²) in [6.07, 6.45) is 1.91. The Kier molecular flexibility index (Phi) is 5.90. The first-order valence-electron chi connectivity index (χ1n) is 8.77. The average molecular weight is 372 g/mol. The number of fused-ring (bicyclic) bond motifs is 1. The number of methoxy groups -OCH3 is 1. The number of thiazole rings is 1. The van der Waals surface area contributed by atoms with Gasteiger partial charge in [-0.15, -0.1) is 11.3 Å². The number of hydrogen-bond acceptors (Lipinski definition) is 5. The number of rotatable bonds is 8. The Balaban J connectivity index is 1.73. The largest absolute Gasteiger partial charge is 0.497 e. The van der Waals surface area contributed by atoms with Crippen LogP contribution < -0.4 is 10.1 Å². The Labute approximate surface area is 157 Å². The monoisotopic (exact) mass is 372 g/mol. The van der Waals surface area contributed by atoms with E-state index in [4.69, 9.17) is 4.74 Å². The van der Waals surface area contributed by atoms with Gasteiger partial charge in [-0.25, -0.2) is 4.98 Å². The van der Waals surface area contributed by atoms with Gasteiger partial charge in [0.1, 0.15) is 11.4 Å². The third-order valence-electron chi connectivity index (χ3n) is 4.44. The van der Waals surface area contributed by atoms with E-state index in [1.54, 1.807) is 7.11 Å². The van der Waals surface area contributed by atoms with E-state index in [0.717, 1.165) is 41.6 Å². The van der Waals surface area contributed by atoms with E-state index >= 15 is 0 Å². The zero-order chi connectivity index (χ0) is 18.5. The third kappa shape index (κ3) is 3.89. The summed E-state index contributed by atoms with van der Waals surface area (Å²) in [6, 6.07) is 7.75. The van der Waals surface area contributed by atoms with E-state index in [1.165, 1.54) is 11.3 Å². The van der Waals surface area contributed by atoms with Crippen molar-refractivity contribution in [1.29, 1.82) is 0 Å². The van der Waals surface area contributed by atoms with Crippen LogP contribution in [0.1, 0.15) is 24.3 Å². The third-order valence-corrected chi connectivity index (χ3v) is 5.28. The summed E-state index contributed by atoms with van der Waals surface area (Å²) >= 11 is 1.47. The van der Waals surface area contributed by atoms with Crippen molar-refractivity contribution >= 4 is 22.2 Å². The molecular formula is C19H24N4O2S. The molecule has 0 aliphatic carbocycles. The van der Waals surface area contributed by atoms with Crippen molar-refractivity contribution in [2.24, 2.45) is 0 Å². The maximum Gasteiger partial charge on any atom is 0.269 e. The number of likely N-dealkylation sites (N-methyl/N-ethyl adjacent to an activating group) is 1. The van der Waals surface area contributed by atoms with Gasteiger partial charge in [0.25, 0.3) is 5.91 Å². The number of amides is 1. The maximum absolute atomic E-state index is 12.5. The number of benzene rings is 1. The van der Waals surface area contributed by atoms with Crippen LogP contribution in [0.3, 0.4) is 0 Å². The van der Waals surface area contributed by atoms with E-state index in [2.05, 4.69) is 29.0 Å². The van der Waals surface area contributed by atoms with Gasteiger partial charge in [-0.1, -0.05) is 13.8 Å². The molecule has 0 fully saturated rings. The highest BCUT2D eigenvalue weighted by atomic mass is 32.1. The molecule has 0 bridgehead atoms. The van der Waals surface area contributed by atoms with Gasteiger partial charge in [0.2, 0.25) is 0 Å². The highest BCUT2D eigenvalue weighted by molar-refractivity contribution is 7.15. The predicted octanol–water partition coefficient (Wildman–Crippen LogP) is 3.14. The van der Waals surface area contributed by atoms with Gasteiger partial charge in [-0.3, -0.25) is 9.20 Å². The van der Waals surface area contributed by atoms with E-state index in [0.29, 0.717) is 12.2 Å². The van der Waals surface area contributed by atoms with Crippen molar-refractivity contribution < 1.29 is 9.53 Å². The molecule has 0 saturated carbocycles. The SMILES string of the molecule is CCN(CC)CCNC(=O)c1csc2nc(-c3ccc(OC)cc3)cn12. The van der Waals surface area contributed by atoms with Crippen molar-refractivity contribution in [3.05, 3.63) is 41.5 Å². The molecule has 0 radical (unpaired) electrons. The molecule has 1 amide bonds. The molecule has 0 aliphatic rings. The van der Waals surface area contributed by atoms with Crippen LogP contribution in [0.15, 0.2) is 35.8 Å². The summed E-state index contributed by atoms with van der Waals surface area (Å²) in [7, 11) is 1.65. The van der Waals surface area contributed by atoms with E-state index in [1.807, 2.05) is 40.2 Å². The Morgan fingerprint density at radius 3 is 2.65 bits per heavy atom. The Hall–Kier alpha value is -2.38. The smallest absolute Gasteiger partial charge is 0.269 e. The van der Waals surface area contributed by atoms with Crippen LogP contribution in [-0.2, 0) is 0 Å². The lowest BCUT2D eigenvalue weighted by molar-refractivity contribution is 0.0943. The number of imidazole rings is 1. The number of nitrogens with zero attached hydrogens (tertiary/aromatic N) is 3. The van der Waals surface area contributed by atoms with Crippen LogP contribution >= 0.6 is 11.3 Å². The van der Waals surface area contributed by atoms with Gasteiger partial charge >= 0.3 is 0 Å². The quantitative estimate of drug-likeness (QED) is 0.660. The first-order chi connectivity index (χ1) is 12.7. The molecule has 26 heavy (non-hydrogen) atoms. The molecule has 1 N–H and O–H groups in total. The maximum atomic E-state index is 12.5. The van der Waals surface area contributed by atoms with Gasteiger partial charge in [0.05, 0.1) is 12.8 Å². The molecule has 2 heterocycles. The van der Waals surface area contributed by atoms with Crippen LogP contribution in [0.5, 0.6) is 5.75 Å². The van der Waals surface area contributed by atoms with Crippen molar-refractivity contribution in [3.8, 4) is 17.0 Å². The van der Waals surface area contributed by atoms with Gasteiger partial charge in [0, 0.05) is 30.2 Å². The molecule has 0 aliphatic heterocycles.